The SMILES string of the molecule is Cc1cccc(NC(=O)C(C)(C)CN)c1C(=O)O. The minimum atomic E-state index is -1.06. The molecule has 0 radical (unpaired) electrons. The van der Waals surface area contributed by atoms with E-state index >= 15 is 0 Å². The Labute approximate surface area is 106 Å². The van der Waals surface area contributed by atoms with Crippen molar-refractivity contribution >= 4 is 17.6 Å². The molecule has 0 aliphatic rings. The monoisotopic (exact) mass is 250 g/mol. The highest BCUT2D eigenvalue weighted by Crippen LogP contribution is 2.22. The van der Waals surface area contributed by atoms with E-state index in [1.54, 1.807) is 39.0 Å². The van der Waals surface area contributed by atoms with Gasteiger partial charge in [-0.05, 0) is 32.4 Å². The number of hydrogen-bond donors (Lipinski definition) is 3. The van der Waals surface area contributed by atoms with Crippen LogP contribution in [0.5, 0.6) is 0 Å². The van der Waals surface area contributed by atoms with E-state index in [0.717, 1.165) is 0 Å². The molecule has 1 aromatic rings. The summed E-state index contributed by atoms with van der Waals surface area (Å²) < 4.78 is 0. The van der Waals surface area contributed by atoms with Crippen LogP contribution in [0.3, 0.4) is 0 Å². The zero-order chi connectivity index (χ0) is 13.9. The van der Waals surface area contributed by atoms with Crippen LogP contribution in [0.2, 0.25) is 0 Å². The molecule has 0 saturated heterocycles. The number of nitrogens with two attached hydrogens (primary N) is 1. The van der Waals surface area contributed by atoms with Crippen LogP contribution in [-0.2, 0) is 4.79 Å². The number of anilines is 1. The van der Waals surface area contributed by atoms with E-state index in [2.05, 4.69) is 5.32 Å². The number of carboxylic acids is 1. The van der Waals surface area contributed by atoms with Gasteiger partial charge in [-0.3, -0.25) is 4.79 Å². The Bertz CT molecular complexity index is 481. The van der Waals surface area contributed by atoms with Crippen molar-refractivity contribution < 1.29 is 14.7 Å². The normalized spacial score (nSPS) is 11.1. The van der Waals surface area contributed by atoms with Gasteiger partial charge in [-0.2, -0.15) is 0 Å². The van der Waals surface area contributed by atoms with Crippen LogP contribution >= 0.6 is 0 Å². The van der Waals surface area contributed by atoms with Gasteiger partial charge >= 0.3 is 5.97 Å². The quantitative estimate of drug-likeness (QED) is 0.757. The Morgan fingerprint density at radius 2 is 2.00 bits per heavy atom. The van der Waals surface area contributed by atoms with Gasteiger partial charge in [0.05, 0.1) is 16.7 Å². The molecule has 0 unspecified atom stereocenters. The fourth-order valence-electron chi connectivity index (χ4n) is 1.44. The first-order valence-corrected chi connectivity index (χ1v) is 5.64. The molecule has 5 heteroatoms. The molecule has 0 aliphatic carbocycles. The highest BCUT2D eigenvalue weighted by atomic mass is 16.4. The van der Waals surface area contributed by atoms with Gasteiger partial charge in [-0.15, -0.1) is 0 Å². The van der Waals surface area contributed by atoms with Crippen molar-refractivity contribution in [1.29, 1.82) is 0 Å². The number of benzene rings is 1. The van der Waals surface area contributed by atoms with Crippen molar-refractivity contribution in [3.05, 3.63) is 29.3 Å². The average molecular weight is 250 g/mol. The maximum Gasteiger partial charge on any atom is 0.338 e. The summed E-state index contributed by atoms with van der Waals surface area (Å²) in [6.07, 6.45) is 0. The lowest BCUT2D eigenvalue weighted by molar-refractivity contribution is -0.123. The number of aryl methyl sites for hydroxylation is 1. The van der Waals surface area contributed by atoms with Gasteiger partial charge in [0.25, 0.3) is 0 Å². The number of amides is 1. The predicted molar refractivity (Wildman–Crippen MR) is 69.6 cm³/mol. The average Bonchev–Trinajstić information content (AvgIpc) is 2.28. The van der Waals surface area contributed by atoms with Crippen LogP contribution in [0.15, 0.2) is 18.2 Å². The van der Waals surface area contributed by atoms with E-state index in [1.807, 2.05) is 0 Å². The molecule has 0 spiro atoms. The van der Waals surface area contributed by atoms with Crippen LogP contribution in [-0.4, -0.2) is 23.5 Å². The summed E-state index contributed by atoms with van der Waals surface area (Å²) in [6.45, 7) is 5.29. The highest BCUT2D eigenvalue weighted by molar-refractivity contribution is 6.03. The van der Waals surface area contributed by atoms with Gasteiger partial charge in [0.2, 0.25) is 5.91 Å². The predicted octanol–water partition coefficient (Wildman–Crippen LogP) is 1.62. The Hall–Kier alpha value is -1.88. The third-order valence-corrected chi connectivity index (χ3v) is 2.86. The second-order valence-corrected chi connectivity index (χ2v) is 4.84. The Balaban J connectivity index is 3.09. The first-order chi connectivity index (χ1) is 8.29. The Morgan fingerprint density at radius 1 is 1.39 bits per heavy atom. The number of aromatic carboxylic acids is 1. The van der Waals surface area contributed by atoms with Crippen molar-refractivity contribution in [3.8, 4) is 0 Å². The third kappa shape index (κ3) is 2.87. The van der Waals surface area contributed by atoms with Crippen molar-refractivity contribution in [2.75, 3.05) is 11.9 Å². The number of carbonyl (C=O) groups is 2. The number of carboxylic acid groups (broad SMARTS) is 1. The second kappa shape index (κ2) is 5.18. The smallest absolute Gasteiger partial charge is 0.338 e. The molecular weight excluding hydrogens is 232 g/mol. The number of nitrogens with one attached hydrogen (secondary N) is 1. The van der Waals surface area contributed by atoms with Gasteiger partial charge < -0.3 is 16.2 Å². The molecular formula is C13H18N2O3. The second-order valence-electron chi connectivity index (χ2n) is 4.84. The Kier molecular flexibility index (Phi) is 4.08. The van der Waals surface area contributed by atoms with E-state index < -0.39 is 11.4 Å². The van der Waals surface area contributed by atoms with Gasteiger partial charge in [0, 0.05) is 6.54 Å². The summed E-state index contributed by atoms with van der Waals surface area (Å²) in [7, 11) is 0. The molecule has 0 saturated carbocycles. The van der Waals surface area contributed by atoms with Gasteiger partial charge in [0.15, 0.2) is 0 Å². The maximum absolute atomic E-state index is 12.0. The number of hydrogen-bond acceptors (Lipinski definition) is 3. The van der Waals surface area contributed by atoms with Crippen LogP contribution in [0.25, 0.3) is 0 Å². The molecule has 4 N–H and O–H groups in total. The molecule has 98 valence electrons. The summed E-state index contributed by atoms with van der Waals surface area (Å²) >= 11 is 0. The molecule has 1 aromatic carbocycles. The molecule has 1 rings (SSSR count). The summed E-state index contributed by atoms with van der Waals surface area (Å²) in [5.41, 5.74) is 5.79. The van der Waals surface area contributed by atoms with Crippen molar-refractivity contribution in [1.82, 2.24) is 0 Å². The van der Waals surface area contributed by atoms with E-state index in [0.29, 0.717) is 11.3 Å². The van der Waals surface area contributed by atoms with Crippen LogP contribution in [0.4, 0.5) is 5.69 Å². The molecule has 0 fully saturated rings. The first kappa shape index (κ1) is 14.2. The van der Waals surface area contributed by atoms with E-state index in [4.69, 9.17) is 10.8 Å². The van der Waals surface area contributed by atoms with E-state index in [9.17, 15) is 9.59 Å². The number of carbonyl (C=O) groups excluding carboxylic acids is 1. The third-order valence-electron chi connectivity index (χ3n) is 2.86. The molecule has 0 aromatic heterocycles. The van der Waals surface area contributed by atoms with E-state index in [-0.39, 0.29) is 18.0 Å². The van der Waals surface area contributed by atoms with Crippen LogP contribution in [0, 0.1) is 12.3 Å². The first-order valence-electron chi connectivity index (χ1n) is 5.64. The fourth-order valence-corrected chi connectivity index (χ4v) is 1.44. The topological polar surface area (TPSA) is 92.4 Å². The lowest BCUT2D eigenvalue weighted by Crippen LogP contribution is -2.37. The van der Waals surface area contributed by atoms with E-state index in [1.165, 1.54) is 0 Å². The fraction of sp³-hybridized carbons (Fsp3) is 0.385. The zero-order valence-electron chi connectivity index (χ0n) is 10.8. The molecule has 18 heavy (non-hydrogen) atoms. The lowest BCUT2D eigenvalue weighted by atomic mass is 9.92. The minimum Gasteiger partial charge on any atom is -0.478 e. The molecule has 0 bridgehead atoms. The van der Waals surface area contributed by atoms with Crippen molar-refractivity contribution in [2.45, 2.75) is 20.8 Å². The highest BCUT2D eigenvalue weighted by Gasteiger charge is 2.27. The standard InChI is InChI=1S/C13H18N2O3/c1-8-5-4-6-9(10(8)11(16)17)15-12(18)13(2,3)7-14/h4-6H,7,14H2,1-3H3,(H,15,18)(H,16,17). The van der Waals surface area contributed by atoms with Gasteiger partial charge in [0.1, 0.15) is 0 Å². The van der Waals surface area contributed by atoms with Crippen molar-refractivity contribution in [3.63, 3.8) is 0 Å². The summed E-state index contributed by atoms with van der Waals surface area (Å²) in [6, 6.07) is 4.96. The lowest BCUT2D eigenvalue weighted by Gasteiger charge is -2.22. The number of rotatable bonds is 4. The van der Waals surface area contributed by atoms with Crippen LogP contribution < -0.4 is 11.1 Å². The molecule has 5 nitrogen and oxygen atoms in total. The molecule has 0 atom stereocenters. The zero-order valence-corrected chi connectivity index (χ0v) is 10.8. The Morgan fingerprint density at radius 3 is 2.50 bits per heavy atom. The maximum atomic E-state index is 12.0. The van der Waals surface area contributed by atoms with Gasteiger partial charge in [-0.1, -0.05) is 12.1 Å². The van der Waals surface area contributed by atoms with Gasteiger partial charge in [-0.25, -0.2) is 4.79 Å². The minimum absolute atomic E-state index is 0.110. The molecule has 1 amide bonds. The molecule has 0 aliphatic heterocycles. The van der Waals surface area contributed by atoms with Crippen molar-refractivity contribution in [2.24, 2.45) is 11.1 Å². The van der Waals surface area contributed by atoms with Crippen LogP contribution in [0.1, 0.15) is 29.8 Å². The summed E-state index contributed by atoms with van der Waals surface area (Å²) in [4.78, 5) is 23.1. The summed E-state index contributed by atoms with van der Waals surface area (Å²) in [5.74, 6) is -1.35. The molecule has 0 heterocycles. The summed E-state index contributed by atoms with van der Waals surface area (Å²) in [5, 5.41) is 11.8. The largest absolute Gasteiger partial charge is 0.478 e.